The van der Waals surface area contributed by atoms with Gasteiger partial charge in [-0.15, -0.1) is 0 Å². The molecule has 0 aliphatic heterocycles. The lowest BCUT2D eigenvalue weighted by Crippen LogP contribution is -2.38. The minimum atomic E-state index is -1.17. The van der Waals surface area contributed by atoms with Crippen LogP contribution in [0.3, 0.4) is 0 Å². The zero-order chi connectivity index (χ0) is 10.1. The predicted octanol–water partition coefficient (Wildman–Crippen LogP) is 2.15. The van der Waals surface area contributed by atoms with Crippen LogP contribution in [0.1, 0.15) is 19.0 Å². The largest absolute Gasteiger partial charge is 0.273 e. The second kappa shape index (κ2) is 3.66. The van der Waals surface area contributed by atoms with Gasteiger partial charge in [0.1, 0.15) is 0 Å². The lowest BCUT2D eigenvalue weighted by molar-refractivity contribution is 0.598. The van der Waals surface area contributed by atoms with E-state index in [0.717, 1.165) is 13.0 Å². The highest BCUT2D eigenvalue weighted by Crippen LogP contribution is 2.05. The van der Waals surface area contributed by atoms with Gasteiger partial charge in [0.15, 0.2) is 0 Å². The Bertz CT molecular complexity index is 284. The molecule has 0 spiro atoms. The maximum absolute atomic E-state index is 4.52. The van der Waals surface area contributed by atoms with E-state index in [1.165, 1.54) is 10.9 Å². The number of aromatic nitrogens is 2. The van der Waals surface area contributed by atoms with Crippen molar-refractivity contribution in [1.29, 1.82) is 0 Å². The molecule has 0 amide bonds. The van der Waals surface area contributed by atoms with Gasteiger partial charge in [0.05, 0.1) is 13.8 Å². The third-order valence-electron chi connectivity index (χ3n) is 2.21. The Morgan fingerprint density at radius 2 is 2.00 bits per heavy atom. The fourth-order valence-electron chi connectivity index (χ4n) is 1.60. The predicted molar refractivity (Wildman–Crippen MR) is 60.2 cm³/mol. The van der Waals surface area contributed by atoms with Crippen molar-refractivity contribution in [1.82, 2.24) is 9.78 Å². The number of rotatable bonds is 3. The van der Waals surface area contributed by atoms with Crippen LogP contribution < -0.4 is 5.19 Å². The minimum Gasteiger partial charge on any atom is -0.273 e. The molecule has 0 atom stereocenters. The minimum absolute atomic E-state index is 1.05. The van der Waals surface area contributed by atoms with Gasteiger partial charge in [0, 0.05) is 12.7 Å². The maximum Gasteiger partial charge on any atom is 0.0820 e. The fraction of sp³-hybridized carbons (Fsp3) is 0.700. The Labute approximate surface area is 82.0 Å². The molecule has 0 N–H and O–H groups in total. The monoisotopic (exact) mass is 196 g/mol. The van der Waals surface area contributed by atoms with Crippen LogP contribution in [0.15, 0.2) is 6.20 Å². The Balaban J connectivity index is 2.96. The van der Waals surface area contributed by atoms with Crippen LogP contribution in [0.25, 0.3) is 0 Å². The van der Waals surface area contributed by atoms with E-state index in [9.17, 15) is 0 Å². The number of nitrogens with zero attached hydrogens (tertiary/aromatic N) is 2. The van der Waals surface area contributed by atoms with Crippen LogP contribution in [0.4, 0.5) is 0 Å². The molecular formula is C10H20N2Si. The molecule has 0 fully saturated rings. The molecule has 0 aromatic carbocycles. The Morgan fingerprint density at radius 3 is 2.38 bits per heavy atom. The maximum atomic E-state index is 4.52. The topological polar surface area (TPSA) is 17.8 Å². The molecule has 0 saturated heterocycles. The van der Waals surface area contributed by atoms with Crippen molar-refractivity contribution in [2.75, 3.05) is 0 Å². The highest BCUT2D eigenvalue weighted by molar-refractivity contribution is 6.88. The van der Waals surface area contributed by atoms with E-state index in [1.54, 1.807) is 0 Å². The Hall–Kier alpha value is -0.573. The van der Waals surface area contributed by atoms with E-state index in [2.05, 4.69) is 49.5 Å². The van der Waals surface area contributed by atoms with E-state index in [1.807, 2.05) is 0 Å². The lowest BCUT2D eigenvalue weighted by atomic mass is 10.5. The summed E-state index contributed by atoms with van der Waals surface area (Å²) in [6, 6.07) is 0. The zero-order valence-electron chi connectivity index (χ0n) is 9.39. The third-order valence-corrected chi connectivity index (χ3v) is 4.31. The summed E-state index contributed by atoms with van der Waals surface area (Å²) in [5, 5.41) is 6.02. The first-order valence-corrected chi connectivity index (χ1v) is 8.49. The van der Waals surface area contributed by atoms with Crippen molar-refractivity contribution < 1.29 is 0 Å². The van der Waals surface area contributed by atoms with Crippen LogP contribution in [-0.2, 0) is 6.54 Å². The zero-order valence-corrected chi connectivity index (χ0v) is 10.4. The smallest absolute Gasteiger partial charge is 0.0820 e. The third kappa shape index (κ3) is 2.43. The quantitative estimate of drug-likeness (QED) is 0.677. The number of hydrogen-bond donors (Lipinski definition) is 0. The van der Waals surface area contributed by atoms with Crippen molar-refractivity contribution in [3.8, 4) is 0 Å². The summed E-state index contributed by atoms with van der Waals surface area (Å²) in [5.41, 5.74) is 1.23. The first kappa shape index (κ1) is 10.5. The summed E-state index contributed by atoms with van der Waals surface area (Å²) < 4.78 is 2.09. The van der Waals surface area contributed by atoms with Crippen LogP contribution >= 0.6 is 0 Å². The van der Waals surface area contributed by atoms with Gasteiger partial charge in [-0.05, 0) is 18.5 Å². The van der Waals surface area contributed by atoms with Gasteiger partial charge < -0.3 is 0 Å². The molecule has 1 heterocycles. The van der Waals surface area contributed by atoms with E-state index in [-0.39, 0.29) is 0 Å². The van der Waals surface area contributed by atoms with Gasteiger partial charge in [0.25, 0.3) is 0 Å². The molecule has 0 bridgehead atoms. The van der Waals surface area contributed by atoms with E-state index >= 15 is 0 Å². The summed E-state index contributed by atoms with van der Waals surface area (Å²) in [6.07, 6.45) is 3.40. The average molecular weight is 196 g/mol. The summed E-state index contributed by atoms with van der Waals surface area (Å²) in [6.45, 7) is 12.5. The normalized spacial score (nSPS) is 12.1. The SMILES string of the molecule is CCCn1cc([Si](C)(C)C)c(C)n1. The summed E-state index contributed by atoms with van der Waals surface area (Å²) in [5.74, 6) is 0. The van der Waals surface area contributed by atoms with Crippen LogP contribution in [0.5, 0.6) is 0 Å². The highest BCUT2D eigenvalue weighted by atomic mass is 28.3. The molecule has 0 aliphatic carbocycles. The molecule has 1 aromatic rings. The second-order valence-electron chi connectivity index (χ2n) is 4.64. The molecule has 0 unspecified atom stereocenters. The molecule has 0 aliphatic rings. The van der Waals surface area contributed by atoms with Gasteiger partial charge in [-0.3, -0.25) is 4.68 Å². The molecule has 1 aromatic heterocycles. The van der Waals surface area contributed by atoms with Crippen LogP contribution in [0, 0.1) is 6.92 Å². The van der Waals surface area contributed by atoms with Crippen molar-refractivity contribution in [3.05, 3.63) is 11.9 Å². The van der Waals surface area contributed by atoms with Crippen molar-refractivity contribution in [2.45, 2.75) is 46.5 Å². The van der Waals surface area contributed by atoms with Crippen molar-refractivity contribution >= 4 is 13.3 Å². The summed E-state index contributed by atoms with van der Waals surface area (Å²) in [4.78, 5) is 0. The molecule has 3 heteroatoms. The van der Waals surface area contributed by atoms with Gasteiger partial charge in [-0.2, -0.15) is 5.10 Å². The summed E-state index contributed by atoms with van der Waals surface area (Å²) in [7, 11) is -1.17. The van der Waals surface area contributed by atoms with E-state index in [4.69, 9.17) is 0 Å². The molecule has 2 nitrogen and oxygen atoms in total. The van der Waals surface area contributed by atoms with Gasteiger partial charge in [-0.25, -0.2) is 0 Å². The molecular weight excluding hydrogens is 176 g/mol. The number of aryl methyl sites for hydroxylation is 2. The second-order valence-corrected chi connectivity index (χ2v) is 9.68. The van der Waals surface area contributed by atoms with E-state index in [0.29, 0.717) is 0 Å². The van der Waals surface area contributed by atoms with Crippen molar-refractivity contribution in [3.63, 3.8) is 0 Å². The number of hydrogen-bond acceptors (Lipinski definition) is 1. The molecule has 1 rings (SSSR count). The van der Waals surface area contributed by atoms with Gasteiger partial charge in [0.2, 0.25) is 0 Å². The van der Waals surface area contributed by atoms with Crippen LogP contribution in [-0.4, -0.2) is 17.9 Å². The highest BCUT2D eigenvalue weighted by Gasteiger charge is 2.21. The molecule has 74 valence electrons. The molecule has 13 heavy (non-hydrogen) atoms. The first-order valence-electron chi connectivity index (χ1n) is 4.99. The Morgan fingerprint density at radius 1 is 1.38 bits per heavy atom. The van der Waals surface area contributed by atoms with E-state index < -0.39 is 8.07 Å². The van der Waals surface area contributed by atoms with Gasteiger partial charge in [-0.1, -0.05) is 26.6 Å². The van der Waals surface area contributed by atoms with Crippen LogP contribution in [0.2, 0.25) is 19.6 Å². The van der Waals surface area contributed by atoms with Gasteiger partial charge >= 0.3 is 0 Å². The summed E-state index contributed by atoms with van der Waals surface area (Å²) >= 11 is 0. The fourth-order valence-corrected chi connectivity index (χ4v) is 3.27. The first-order chi connectivity index (χ1) is 5.95. The molecule has 0 radical (unpaired) electrons. The average Bonchev–Trinajstić information content (AvgIpc) is 2.30. The molecule has 0 saturated carbocycles. The lowest BCUT2D eigenvalue weighted by Gasteiger charge is -2.13. The Kier molecular flexibility index (Phi) is 2.96. The van der Waals surface area contributed by atoms with Crippen molar-refractivity contribution in [2.24, 2.45) is 0 Å². The standard InChI is InChI=1S/C10H20N2Si/c1-6-7-12-8-10(9(2)11-12)13(3,4)5/h8H,6-7H2,1-5H3.